The molecule has 5 aromatic rings. The summed E-state index contributed by atoms with van der Waals surface area (Å²) < 4.78 is 35.6. The molecule has 1 aliphatic carbocycles. The second-order valence-corrected chi connectivity index (χ2v) is 9.59. The first-order chi connectivity index (χ1) is 19.3. The molecule has 40 heavy (non-hydrogen) atoms. The summed E-state index contributed by atoms with van der Waals surface area (Å²) in [6.45, 7) is 1.85. The molecule has 2 amide bonds. The fourth-order valence-corrected chi connectivity index (χ4v) is 4.20. The summed E-state index contributed by atoms with van der Waals surface area (Å²) in [5.74, 6) is -0.781. The predicted molar refractivity (Wildman–Crippen MR) is 145 cm³/mol. The van der Waals surface area contributed by atoms with Crippen LogP contribution in [0.5, 0.6) is 11.5 Å². The maximum atomic E-state index is 14.9. The third-order valence-electron chi connectivity index (χ3n) is 6.49. The molecule has 10 heteroatoms. The lowest BCUT2D eigenvalue weighted by Crippen LogP contribution is -2.14. The Labute approximate surface area is 227 Å². The molecule has 2 aromatic carbocycles. The van der Waals surface area contributed by atoms with E-state index in [1.54, 1.807) is 53.2 Å². The van der Waals surface area contributed by atoms with Crippen LogP contribution in [0.15, 0.2) is 79.1 Å². The van der Waals surface area contributed by atoms with E-state index in [4.69, 9.17) is 4.74 Å². The number of halogens is 2. The fraction of sp³-hybridized carbons (Fsp3) is 0.133. The smallest absolute Gasteiger partial charge is 0.274 e. The highest BCUT2D eigenvalue weighted by Crippen LogP contribution is 2.31. The molecular formula is C30H23F2N5O3. The molecule has 0 unspecified atom stereocenters. The number of benzene rings is 2. The maximum Gasteiger partial charge on any atom is 0.274 e. The summed E-state index contributed by atoms with van der Waals surface area (Å²) in [7, 11) is 0. The molecule has 1 fully saturated rings. The first kappa shape index (κ1) is 25.2. The van der Waals surface area contributed by atoms with Crippen molar-refractivity contribution >= 4 is 29.0 Å². The van der Waals surface area contributed by atoms with Crippen LogP contribution in [-0.2, 0) is 4.79 Å². The van der Waals surface area contributed by atoms with Crippen LogP contribution in [0, 0.1) is 24.5 Å². The van der Waals surface area contributed by atoms with Crippen molar-refractivity contribution in [1.82, 2.24) is 14.4 Å². The maximum absolute atomic E-state index is 14.9. The number of carbonyl (C=O) groups excluding carboxylic acids is 2. The van der Waals surface area contributed by atoms with Gasteiger partial charge in [0.1, 0.15) is 22.9 Å². The van der Waals surface area contributed by atoms with Gasteiger partial charge in [0.05, 0.1) is 18.1 Å². The summed E-state index contributed by atoms with van der Waals surface area (Å²) in [4.78, 5) is 33.7. The number of fused-ring (bicyclic) bond motifs is 1. The number of aryl methyl sites for hydroxylation is 1. The zero-order valence-corrected chi connectivity index (χ0v) is 21.3. The van der Waals surface area contributed by atoms with Gasteiger partial charge in [0.2, 0.25) is 5.91 Å². The second kappa shape index (κ2) is 10.2. The number of nitrogens with zero attached hydrogens (tertiary/aromatic N) is 3. The lowest BCUT2D eigenvalue weighted by molar-refractivity contribution is -0.117. The molecule has 0 atom stereocenters. The van der Waals surface area contributed by atoms with Crippen molar-refractivity contribution in [1.29, 1.82) is 0 Å². The SMILES string of the molecule is Cc1ccc(C(=O)Nc2ccc(Oc3ccc4nc(NC(=O)C5CC5)cn4c3)c(F)c2)nc1-c1ccc(F)cc1. The minimum Gasteiger partial charge on any atom is -0.453 e. The zero-order chi connectivity index (χ0) is 27.8. The number of imidazole rings is 1. The van der Waals surface area contributed by atoms with Crippen LogP contribution in [0.1, 0.15) is 28.9 Å². The highest BCUT2D eigenvalue weighted by atomic mass is 19.1. The van der Waals surface area contributed by atoms with Crippen molar-refractivity contribution in [2.45, 2.75) is 19.8 Å². The molecule has 3 heterocycles. The Balaban J connectivity index is 1.15. The summed E-state index contributed by atoms with van der Waals surface area (Å²) in [6, 6.07) is 16.6. The summed E-state index contributed by atoms with van der Waals surface area (Å²) in [5, 5.41) is 5.45. The predicted octanol–water partition coefficient (Wildman–Crippen LogP) is 6.38. The Morgan fingerprint density at radius 2 is 1.73 bits per heavy atom. The van der Waals surface area contributed by atoms with E-state index in [0.29, 0.717) is 28.5 Å². The number of pyridine rings is 2. The Morgan fingerprint density at radius 3 is 2.48 bits per heavy atom. The van der Waals surface area contributed by atoms with Gasteiger partial charge in [0.25, 0.3) is 5.91 Å². The molecule has 1 saturated carbocycles. The van der Waals surface area contributed by atoms with Gasteiger partial charge < -0.3 is 19.8 Å². The molecule has 0 radical (unpaired) electrons. The highest BCUT2D eigenvalue weighted by Gasteiger charge is 2.30. The summed E-state index contributed by atoms with van der Waals surface area (Å²) >= 11 is 0. The monoisotopic (exact) mass is 539 g/mol. The summed E-state index contributed by atoms with van der Waals surface area (Å²) in [6.07, 6.45) is 5.09. The Hall–Kier alpha value is -5.12. The van der Waals surface area contributed by atoms with Gasteiger partial charge in [0.15, 0.2) is 17.4 Å². The molecule has 1 aliphatic rings. The summed E-state index contributed by atoms with van der Waals surface area (Å²) in [5.41, 5.74) is 3.01. The molecule has 6 rings (SSSR count). The first-order valence-electron chi connectivity index (χ1n) is 12.6. The van der Waals surface area contributed by atoms with E-state index >= 15 is 0 Å². The number of hydrogen-bond donors (Lipinski definition) is 2. The topological polar surface area (TPSA) is 97.6 Å². The third kappa shape index (κ3) is 5.37. The second-order valence-electron chi connectivity index (χ2n) is 9.59. The highest BCUT2D eigenvalue weighted by molar-refractivity contribution is 6.03. The number of anilines is 2. The lowest BCUT2D eigenvalue weighted by atomic mass is 10.1. The van der Waals surface area contributed by atoms with E-state index in [2.05, 4.69) is 20.6 Å². The van der Waals surface area contributed by atoms with Crippen LogP contribution >= 0.6 is 0 Å². The van der Waals surface area contributed by atoms with Crippen molar-refractivity contribution in [2.24, 2.45) is 5.92 Å². The van der Waals surface area contributed by atoms with Gasteiger partial charge in [-0.25, -0.2) is 18.7 Å². The number of carbonyl (C=O) groups is 2. The van der Waals surface area contributed by atoms with E-state index < -0.39 is 11.7 Å². The molecule has 0 spiro atoms. The molecule has 0 saturated heterocycles. The Kier molecular flexibility index (Phi) is 6.43. The third-order valence-corrected chi connectivity index (χ3v) is 6.49. The fourth-order valence-electron chi connectivity index (χ4n) is 4.20. The van der Waals surface area contributed by atoms with Gasteiger partial charge in [-0.1, -0.05) is 6.07 Å². The molecular weight excluding hydrogens is 516 g/mol. The number of rotatable bonds is 7. The van der Waals surface area contributed by atoms with Crippen molar-refractivity contribution < 1.29 is 23.1 Å². The quantitative estimate of drug-likeness (QED) is 0.250. The molecule has 200 valence electrons. The molecule has 0 bridgehead atoms. The number of nitrogens with one attached hydrogen (secondary N) is 2. The van der Waals surface area contributed by atoms with Crippen molar-refractivity contribution in [3.05, 3.63) is 102 Å². The van der Waals surface area contributed by atoms with Crippen LogP contribution in [0.4, 0.5) is 20.3 Å². The van der Waals surface area contributed by atoms with Gasteiger partial charge >= 0.3 is 0 Å². The van der Waals surface area contributed by atoms with Gasteiger partial charge in [0, 0.05) is 23.2 Å². The largest absolute Gasteiger partial charge is 0.453 e. The van der Waals surface area contributed by atoms with Crippen molar-refractivity contribution in [3.63, 3.8) is 0 Å². The van der Waals surface area contributed by atoms with Gasteiger partial charge in [-0.05, 0) is 79.9 Å². The average Bonchev–Trinajstić information content (AvgIpc) is 3.71. The zero-order valence-electron chi connectivity index (χ0n) is 21.3. The van der Waals surface area contributed by atoms with Crippen LogP contribution < -0.4 is 15.4 Å². The minimum atomic E-state index is -0.676. The van der Waals surface area contributed by atoms with E-state index in [1.807, 2.05) is 6.92 Å². The van der Waals surface area contributed by atoms with Crippen LogP contribution in [-0.4, -0.2) is 26.2 Å². The van der Waals surface area contributed by atoms with Crippen molar-refractivity contribution in [2.75, 3.05) is 10.6 Å². The number of amides is 2. The Morgan fingerprint density at radius 1 is 0.925 bits per heavy atom. The van der Waals surface area contributed by atoms with Gasteiger partial charge in [-0.3, -0.25) is 9.59 Å². The minimum absolute atomic E-state index is 0.0354. The van der Waals surface area contributed by atoms with Gasteiger partial charge in [-0.15, -0.1) is 0 Å². The van der Waals surface area contributed by atoms with Crippen LogP contribution in [0.25, 0.3) is 16.9 Å². The molecule has 8 nitrogen and oxygen atoms in total. The lowest BCUT2D eigenvalue weighted by Gasteiger charge is -2.11. The van der Waals surface area contributed by atoms with E-state index in [-0.39, 0.29) is 34.8 Å². The Bertz CT molecular complexity index is 1760. The van der Waals surface area contributed by atoms with E-state index in [0.717, 1.165) is 24.5 Å². The molecule has 3 aromatic heterocycles. The first-order valence-corrected chi connectivity index (χ1v) is 12.6. The molecule has 2 N–H and O–H groups in total. The number of ether oxygens (including phenoxy) is 1. The van der Waals surface area contributed by atoms with E-state index in [9.17, 15) is 18.4 Å². The van der Waals surface area contributed by atoms with E-state index in [1.165, 1.54) is 24.3 Å². The number of hydrogen-bond acceptors (Lipinski definition) is 5. The normalized spacial score (nSPS) is 12.8. The average molecular weight is 540 g/mol. The van der Waals surface area contributed by atoms with Crippen LogP contribution in [0.2, 0.25) is 0 Å². The van der Waals surface area contributed by atoms with Crippen LogP contribution in [0.3, 0.4) is 0 Å². The number of aromatic nitrogens is 3. The standard InChI is InChI=1S/C30H23F2N5O3/c1-17-2-11-24(34-28(17)18-5-7-20(31)8-6-18)30(39)33-21-9-12-25(23(32)14-21)40-22-10-13-27-35-26(16-37(27)15-22)36-29(38)19-3-4-19/h2,5-16,19H,3-4H2,1H3,(H,33,39)(H,36,38). The van der Waals surface area contributed by atoms with Crippen molar-refractivity contribution in [3.8, 4) is 22.8 Å². The van der Waals surface area contributed by atoms with Gasteiger partial charge in [-0.2, -0.15) is 0 Å². The molecule has 0 aliphatic heterocycles.